The smallest absolute Gasteiger partial charge is 0.494 e. The van der Waals surface area contributed by atoms with E-state index in [0.717, 1.165) is 5.56 Å². The van der Waals surface area contributed by atoms with E-state index in [1.807, 2.05) is 50.3 Å². The number of hydrogen-bond acceptors (Lipinski definition) is 4. The predicted molar refractivity (Wildman–Crippen MR) is 66.9 cm³/mol. The predicted octanol–water partition coefficient (Wildman–Crippen LogP) is 2.42. The Bertz CT molecular complexity index is 343. The van der Waals surface area contributed by atoms with Gasteiger partial charge in [-0.2, -0.15) is 0 Å². The SMILES string of the molecule is CC(CO[Si](=O)OO[Si](C)C)c1ccccc1. The molecule has 6 heteroatoms. The van der Waals surface area contributed by atoms with E-state index >= 15 is 0 Å². The van der Waals surface area contributed by atoms with Crippen LogP contribution in [0.25, 0.3) is 0 Å². The molecule has 0 amide bonds. The molecule has 1 radical (unpaired) electrons. The summed E-state index contributed by atoms with van der Waals surface area (Å²) in [6.07, 6.45) is 0. The van der Waals surface area contributed by atoms with Crippen LogP contribution in [0.1, 0.15) is 18.4 Å². The summed E-state index contributed by atoms with van der Waals surface area (Å²) < 4.78 is 25.9. The maximum atomic E-state index is 11.3. The van der Waals surface area contributed by atoms with E-state index in [-0.39, 0.29) is 5.92 Å². The van der Waals surface area contributed by atoms with Gasteiger partial charge in [0.15, 0.2) is 0 Å². The summed E-state index contributed by atoms with van der Waals surface area (Å²) in [6, 6.07) is 9.93. The van der Waals surface area contributed by atoms with Crippen molar-refractivity contribution in [3.63, 3.8) is 0 Å². The Morgan fingerprint density at radius 1 is 1.18 bits per heavy atom. The van der Waals surface area contributed by atoms with Gasteiger partial charge in [-0.25, -0.2) is 0 Å². The van der Waals surface area contributed by atoms with Gasteiger partial charge in [-0.1, -0.05) is 37.3 Å². The van der Waals surface area contributed by atoms with E-state index in [1.165, 1.54) is 0 Å². The Kier molecular flexibility index (Phi) is 6.10. The highest BCUT2D eigenvalue weighted by Gasteiger charge is 2.16. The molecule has 4 nitrogen and oxygen atoms in total. The standard InChI is InChI=1S/C11H17O4Si2/c1-10(11-7-5-4-6-8-11)9-13-17(12)15-14-16(2)3/h4-8,10H,9H2,1-3H3. The lowest BCUT2D eigenvalue weighted by molar-refractivity contribution is -0.135. The van der Waals surface area contributed by atoms with Gasteiger partial charge in [0.25, 0.3) is 9.04 Å². The van der Waals surface area contributed by atoms with Crippen LogP contribution in [0.4, 0.5) is 0 Å². The Labute approximate surface area is 105 Å². The zero-order valence-corrected chi connectivity index (χ0v) is 12.3. The molecular weight excluding hydrogens is 252 g/mol. The molecule has 0 saturated carbocycles. The van der Waals surface area contributed by atoms with Crippen molar-refractivity contribution < 1.29 is 18.0 Å². The first-order valence-electron chi connectivity index (χ1n) is 5.46. The molecule has 1 aromatic carbocycles. The molecule has 1 atom stereocenters. The minimum atomic E-state index is -2.53. The topological polar surface area (TPSA) is 44.8 Å². The highest BCUT2D eigenvalue weighted by atomic mass is 28.3. The van der Waals surface area contributed by atoms with Crippen molar-refractivity contribution in [2.75, 3.05) is 6.61 Å². The third-order valence-corrected chi connectivity index (χ3v) is 3.30. The van der Waals surface area contributed by atoms with Crippen LogP contribution < -0.4 is 0 Å². The molecular formula is C11H17O4Si2. The molecule has 0 aromatic heterocycles. The molecule has 0 spiro atoms. The summed E-state index contributed by atoms with van der Waals surface area (Å²) >= 11 is 0. The Morgan fingerprint density at radius 2 is 1.82 bits per heavy atom. The second-order valence-corrected chi connectivity index (χ2v) is 6.89. The van der Waals surface area contributed by atoms with E-state index in [1.54, 1.807) is 0 Å². The zero-order chi connectivity index (χ0) is 12.7. The van der Waals surface area contributed by atoms with Crippen molar-refractivity contribution >= 4 is 18.2 Å². The van der Waals surface area contributed by atoms with Crippen molar-refractivity contribution in [1.29, 1.82) is 0 Å². The van der Waals surface area contributed by atoms with Crippen molar-refractivity contribution in [2.45, 2.75) is 25.9 Å². The largest absolute Gasteiger partial charge is 0.800 e. The monoisotopic (exact) mass is 269 g/mol. The Balaban J connectivity index is 2.29. The molecule has 0 heterocycles. The van der Waals surface area contributed by atoms with E-state index < -0.39 is 18.2 Å². The quantitative estimate of drug-likeness (QED) is 0.433. The maximum Gasteiger partial charge on any atom is 0.800 e. The van der Waals surface area contributed by atoms with Crippen molar-refractivity contribution in [3.05, 3.63) is 35.9 Å². The Morgan fingerprint density at radius 3 is 2.41 bits per heavy atom. The van der Waals surface area contributed by atoms with Gasteiger partial charge in [0.05, 0.1) is 6.61 Å². The lowest BCUT2D eigenvalue weighted by atomic mass is 10.0. The highest BCUT2D eigenvalue weighted by molar-refractivity contribution is 6.48. The molecule has 0 aliphatic carbocycles. The van der Waals surface area contributed by atoms with Crippen LogP contribution >= 0.6 is 0 Å². The minimum absolute atomic E-state index is 0.182. The lowest BCUT2D eigenvalue weighted by Crippen LogP contribution is -2.20. The Hall–Kier alpha value is -0.986. The average molecular weight is 269 g/mol. The third kappa shape index (κ3) is 5.76. The normalized spacial score (nSPS) is 12.2. The number of benzene rings is 1. The van der Waals surface area contributed by atoms with Gasteiger partial charge in [-0.15, -0.1) is 0 Å². The van der Waals surface area contributed by atoms with Gasteiger partial charge in [0.2, 0.25) is 0 Å². The van der Waals surface area contributed by atoms with E-state index in [0.29, 0.717) is 6.61 Å². The van der Waals surface area contributed by atoms with Gasteiger partial charge in [-0.05, 0) is 18.7 Å². The summed E-state index contributed by atoms with van der Waals surface area (Å²) in [7, 11) is -3.53. The zero-order valence-electron chi connectivity index (χ0n) is 10.3. The molecule has 0 N–H and O–H groups in total. The maximum absolute atomic E-state index is 11.3. The average Bonchev–Trinajstić information content (AvgIpc) is 2.34. The first kappa shape index (κ1) is 14.1. The fourth-order valence-corrected chi connectivity index (χ4v) is 2.59. The van der Waals surface area contributed by atoms with Gasteiger partial charge in [-0.3, -0.25) is 9.04 Å². The van der Waals surface area contributed by atoms with Gasteiger partial charge in [0, 0.05) is 5.92 Å². The third-order valence-electron chi connectivity index (χ3n) is 2.10. The van der Waals surface area contributed by atoms with Crippen molar-refractivity contribution in [3.8, 4) is 0 Å². The van der Waals surface area contributed by atoms with Crippen LogP contribution in [-0.2, 0) is 18.0 Å². The summed E-state index contributed by atoms with van der Waals surface area (Å²) in [5, 5.41) is 0. The number of hydrogen-bond donors (Lipinski definition) is 0. The van der Waals surface area contributed by atoms with Crippen LogP contribution in [-0.4, -0.2) is 24.8 Å². The molecule has 0 bridgehead atoms. The summed E-state index contributed by atoms with van der Waals surface area (Å²) in [6.45, 7) is 6.17. The second-order valence-electron chi connectivity index (χ2n) is 3.95. The molecule has 0 aliphatic heterocycles. The molecule has 1 aromatic rings. The van der Waals surface area contributed by atoms with Crippen molar-refractivity contribution in [1.82, 2.24) is 0 Å². The molecule has 0 aliphatic rings. The first-order valence-corrected chi connectivity index (χ1v) is 9.09. The van der Waals surface area contributed by atoms with Crippen LogP contribution in [0.3, 0.4) is 0 Å². The van der Waals surface area contributed by atoms with Crippen LogP contribution in [0.15, 0.2) is 30.3 Å². The van der Waals surface area contributed by atoms with Gasteiger partial charge in [0.1, 0.15) is 0 Å². The van der Waals surface area contributed by atoms with E-state index in [2.05, 4.69) is 4.58 Å². The van der Waals surface area contributed by atoms with E-state index in [9.17, 15) is 4.46 Å². The highest BCUT2D eigenvalue weighted by Crippen LogP contribution is 2.14. The number of rotatable bonds is 7. The van der Waals surface area contributed by atoms with Gasteiger partial charge >= 0.3 is 9.17 Å². The van der Waals surface area contributed by atoms with Gasteiger partial charge < -0.3 is 9.00 Å². The fraction of sp³-hybridized carbons (Fsp3) is 0.455. The molecule has 0 fully saturated rings. The second kappa shape index (κ2) is 7.36. The van der Waals surface area contributed by atoms with Crippen molar-refractivity contribution in [2.24, 2.45) is 0 Å². The van der Waals surface area contributed by atoms with Crippen LogP contribution in [0.2, 0.25) is 13.1 Å². The summed E-state index contributed by atoms with van der Waals surface area (Å²) in [5.74, 6) is 0.182. The fourth-order valence-electron chi connectivity index (χ4n) is 1.21. The van der Waals surface area contributed by atoms with Crippen LogP contribution in [0, 0.1) is 0 Å². The minimum Gasteiger partial charge on any atom is -0.494 e. The lowest BCUT2D eigenvalue weighted by Gasteiger charge is -2.12. The summed E-state index contributed by atoms with van der Waals surface area (Å²) in [4.78, 5) is 0. The van der Waals surface area contributed by atoms with Crippen LogP contribution in [0.5, 0.6) is 0 Å². The molecule has 1 unspecified atom stereocenters. The van der Waals surface area contributed by atoms with E-state index in [4.69, 9.17) is 9.00 Å². The molecule has 0 saturated heterocycles. The molecule has 17 heavy (non-hydrogen) atoms. The molecule has 1 rings (SSSR count). The first-order chi connectivity index (χ1) is 8.09. The summed E-state index contributed by atoms with van der Waals surface area (Å²) in [5.41, 5.74) is 1.15. The molecule has 93 valence electrons.